The van der Waals surface area contributed by atoms with Crippen LogP contribution in [0, 0.1) is 29.2 Å². The Kier molecular flexibility index (Phi) is 10.6. The van der Waals surface area contributed by atoms with E-state index < -0.39 is 65.8 Å². The Morgan fingerprint density at radius 3 is 1.39 bits per heavy atom. The lowest BCUT2D eigenvalue weighted by Gasteiger charge is -2.33. The van der Waals surface area contributed by atoms with Crippen LogP contribution in [0.15, 0.2) is 107 Å². The molecule has 6 aromatic carbocycles. The number of fused-ring (bicyclic) bond motifs is 2. The van der Waals surface area contributed by atoms with E-state index in [4.69, 9.17) is 18.0 Å². The van der Waals surface area contributed by atoms with Gasteiger partial charge in [0.15, 0.2) is 9.84 Å². The molecule has 0 saturated carbocycles. The fraction of sp³-hybridized carbons (Fsp3) is 0.122. The van der Waals surface area contributed by atoms with Crippen LogP contribution in [0.25, 0.3) is 27.1 Å². The summed E-state index contributed by atoms with van der Waals surface area (Å²) in [7, 11) is 4.58. The fourth-order valence-corrected chi connectivity index (χ4v) is 10.0. The third kappa shape index (κ3) is 6.68. The molecule has 0 fully saturated rings. The van der Waals surface area contributed by atoms with Crippen molar-refractivity contribution in [2.24, 2.45) is 0 Å². The van der Waals surface area contributed by atoms with Crippen LogP contribution < -0.4 is 36.0 Å². The molecule has 0 spiro atoms. The molecule has 6 aromatic rings. The maximum atomic E-state index is 15.4. The van der Waals surface area contributed by atoms with Gasteiger partial charge in [0.1, 0.15) is 11.8 Å². The number of nitrogens with two attached hydrogens (primary N) is 2. The number of sulfone groups is 1. The highest BCUT2D eigenvalue weighted by molar-refractivity contribution is 7.91. The van der Waals surface area contributed by atoms with Gasteiger partial charge in [-0.05, 0) is 82.9 Å². The zero-order valence-corrected chi connectivity index (χ0v) is 37.1. The zero-order chi connectivity index (χ0) is 47.7. The Labute approximate surface area is 380 Å². The summed E-state index contributed by atoms with van der Waals surface area (Å²) in [5.74, 6) is -3.08. The van der Waals surface area contributed by atoms with Crippen LogP contribution >= 0.6 is 0 Å². The predicted molar refractivity (Wildman–Crippen MR) is 252 cm³/mol. The van der Waals surface area contributed by atoms with Crippen molar-refractivity contribution in [1.82, 2.24) is 0 Å². The first-order valence-electron chi connectivity index (χ1n) is 20.0. The molecule has 0 saturated heterocycles. The molecule has 66 heavy (non-hydrogen) atoms. The molecular weight excluding hydrogens is 857 g/mol. The number of rotatable bonds is 9. The van der Waals surface area contributed by atoms with Gasteiger partial charge < -0.3 is 26.2 Å². The number of carbonyl (C=O) groups excluding carboxylic acids is 4. The average Bonchev–Trinajstić information content (AvgIpc) is 3.69. The highest BCUT2D eigenvalue weighted by Crippen LogP contribution is 2.52. The Bertz CT molecular complexity index is 3400. The molecule has 2 aliphatic rings. The lowest BCUT2D eigenvalue weighted by atomic mass is 10.00. The lowest BCUT2D eigenvalue weighted by molar-refractivity contribution is 0.0910. The number of benzene rings is 6. The van der Waals surface area contributed by atoms with Crippen molar-refractivity contribution in [2.75, 3.05) is 78.3 Å². The normalized spacial score (nSPS) is 13.0. The number of imide groups is 2. The number of carbonyl (C=O) groups is 4. The Morgan fingerprint density at radius 2 is 0.985 bits per heavy atom. The van der Waals surface area contributed by atoms with Crippen LogP contribution in [0.5, 0.6) is 0 Å². The Hall–Kier alpha value is -8.98. The van der Waals surface area contributed by atoms with Crippen molar-refractivity contribution in [1.29, 1.82) is 10.5 Å². The lowest BCUT2D eigenvalue weighted by Crippen LogP contribution is -2.34. The minimum absolute atomic E-state index is 0.00556. The van der Waals surface area contributed by atoms with E-state index in [1.165, 1.54) is 28.0 Å². The molecule has 0 atom stereocenters. The Morgan fingerprint density at radius 1 is 0.545 bits per heavy atom. The molecule has 17 heteroatoms. The van der Waals surface area contributed by atoms with Crippen molar-refractivity contribution in [2.45, 2.75) is 9.79 Å². The van der Waals surface area contributed by atoms with Crippen LogP contribution in [0.1, 0.15) is 52.6 Å². The second kappa shape index (κ2) is 16.0. The zero-order valence-electron chi connectivity index (χ0n) is 36.3. The van der Waals surface area contributed by atoms with Gasteiger partial charge in [0.2, 0.25) is 5.69 Å². The van der Waals surface area contributed by atoms with Crippen LogP contribution in [0.3, 0.4) is 0 Å². The van der Waals surface area contributed by atoms with Crippen LogP contribution in [0.2, 0.25) is 0 Å². The molecular formula is C49H38N10O6S. The summed E-state index contributed by atoms with van der Waals surface area (Å²) < 4.78 is 30.7. The molecule has 8 rings (SSSR count). The van der Waals surface area contributed by atoms with Crippen molar-refractivity contribution in [3.05, 3.63) is 142 Å². The largest absolute Gasteiger partial charge is 0.399 e. The van der Waals surface area contributed by atoms with Gasteiger partial charge in [0, 0.05) is 53.7 Å². The van der Waals surface area contributed by atoms with E-state index in [-0.39, 0.29) is 45.0 Å². The van der Waals surface area contributed by atoms with E-state index in [1.807, 2.05) is 12.1 Å². The number of hydrogen-bond donors (Lipinski definition) is 2. The van der Waals surface area contributed by atoms with E-state index in [9.17, 15) is 29.7 Å². The molecule has 0 aliphatic carbocycles. The van der Waals surface area contributed by atoms with Gasteiger partial charge in [-0.2, -0.15) is 10.5 Å². The molecule has 0 radical (unpaired) electrons. The summed E-state index contributed by atoms with van der Waals surface area (Å²) in [6.07, 6.45) is 0. The van der Waals surface area contributed by atoms with Gasteiger partial charge in [0.25, 0.3) is 23.6 Å². The third-order valence-corrected chi connectivity index (χ3v) is 13.2. The summed E-state index contributed by atoms with van der Waals surface area (Å²) in [4.78, 5) is 65.6. The molecule has 4 amide bonds. The first kappa shape index (κ1) is 43.7. The van der Waals surface area contributed by atoms with Gasteiger partial charge in [0.05, 0.1) is 78.6 Å². The molecule has 0 aromatic heterocycles. The van der Waals surface area contributed by atoms with Gasteiger partial charge in [-0.1, -0.05) is 36.4 Å². The summed E-state index contributed by atoms with van der Waals surface area (Å²) in [5, 5.41) is 21.3. The SMILES string of the molecule is [C-]#[N+]c1c(S(=O)(=O)c2cc(N(C)C)c(N3C(=O)c4ccc(-c5ccc(N)cc5)cc4C3=O)c(N(C)C)c2N(C)C)cc(C#N)c(N2C(=O)c3ccc(-c4ccc(N)cc4)cc3C2=O)c1C#N. The fourth-order valence-electron chi connectivity index (χ4n) is 8.33. The summed E-state index contributed by atoms with van der Waals surface area (Å²) >= 11 is 0. The number of nitrogen functional groups attached to an aromatic ring is 2. The second-order valence-corrected chi connectivity index (χ2v) is 18.0. The Balaban J connectivity index is 1.29. The number of amides is 4. The van der Waals surface area contributed by atoms with E-state index in [0.29, 0.717) is 33.0 Å². The van der Waals surface area contributed by atoms with Crippen molar-refractivity contribution in [3.8, 4) is 34.4 Å². The number of hydrogen-bond acceptors (Lipinski definition) is 13. The molecule has 4 N–H and O–H groups in total. The summed E-state index contributed by atoms with van der Waals surface area (Å²) in [5.41, 5.74) is 13.5. The van der Waals surface area contributed by atoms with Crippen LogP contribution in [-0.4, -0.2) is 74.3 Å². The summed E-state index contributed by atoms with van der Waals surface area (Å²) in [6.45, 7) is 8.24. The van der Waals surface area contributed by atoms with Crippen molar-refractivity contribution in [3.63, 3.8) is 0 Å². The van der Waals surface area contributed by atoms with Gasteiger partial charge in [-0.3, -0.25) is 19.2 Å². The third-order valence-electron chi connectivity index (χ3n) is 11.4. The standard InChI is InChI=1S/C49H38N10O6S/c1-54-41-37(25-51)42(58-46(60)33-18-12-28(20-35(33)48(58)62)26-8-14-31(52)15-9-26)30(24-50)22-39(41)66(64,65)40-23-38(55(2)3)43(45(57(6)7)44(40)56(4)5)59-47(61)34-19-13-29(21-36(34)49(59)63)27-10-16-32(53)17-11-27/h8-23H,52-53H2,2-7H3. The quantitative estimate of drug-likeness (QED) is 0.0840. The second-order valence-electron chi connectivity index (χ2n) is 16.1. The molecule has 0 unspecified atom stereocenters. The minimum Gasteiger partial charge on any atom is -0.399 e. The van der Waals surface area contributed by atoms with Gasteiger partial charge >= 0.3 is 0 Å². The molecule has 16 nitrogen and oxygen atoms in total. The van der Waals surface area contributed by atoms with Gasteiger partial charge in [-0.15, -0.1) is 0 Å². The topological polar surface area (TPSA) is 223 Å². The van der Waals surface area contributed by atoms with Crippen molar-refractivity contribution < 1.29 is 27.6 Å². The maximum Gasteiger partial charge on any atom is 0.266 e. The number of anilines is 7. The van der Waals surface area contributed by atoms with Crippen LogP contribution in [-0.2, 0) is 9.84 Å². The maximum absolute atomic E-state index is 15.4. The van der Waals surface area contributed by atoms with Gasteiger partial charge in [-0.25, -0.2) is 23.1 Å². The monoisotopic (exact) mass is 894 g/mol. The first-order valence-corrected chi connectivity index (χ1v) is 21.5. The van der Waals surface area contributed by atoms with E-state index in [2.05, 4.69) is 4.85 Å². The van der Waals surface area contributed by atoms with E-state index in [1.54, 1.807) is 120 Å². The minimum atomic E-state index is -4.96. The molecule has 326 valence electrons. The number of nitrogens with zero attached hydrogens (tertiary/aromatic N) is 8. The highest BCUT2D eigenvalue weighted by atomic mass is 32.2. The molecule has 2 aliphatic heterocycles. The predicted octanol–water partition coefficient (Wildman–Crippen LogP) is 7.11. The van der Waals surface area contributed by atoms with E-state index in [0.717, 1.165) is 16.5 Å². The molecule has 0 bridgehead atoms. The van der Waals surface area contributed by atoms with E-state index >= 15 is 8.42 Å². The van der Waals surface area contributed by atoms with Crippen molar-refractivity contribution >= 4 is 79.0 Å². The average molecular weight is 895 g/mol. The smallest absolute Gasteiger partial charge is 0.266 e. The van der Waals surface area contributed by atoms with Crippen LogP contribution in [0.4, 0.5) is 45.5 Å². The summed E-state index contributed by atoms with van der Waals surface area (Å²) in [6, 6.07) is 29.1. The number of nitriles is 2. The first-order chi connectivity index (χ1) is 31.3. The molecule has 2 heterocycles. The highest BCUT2D eigenvalue weighted by Gasteiger charge is 2.44.